The molecule has 0 spiro atoms. The Morgan fingerprint density at radius 1 is 1.62 bits per heavy atom. The highest BCUT2D eigenvalue weighted by Gasteiger charge is 2.31. The first-order chi connectivity index (χ1) is 10.3. The van der Waals surface area contributed by atoms with Gasteiger partial charge in [0.25, 0.3) is 0 Å². The normalized spacial score (nSPS) is 17.3. The van der Waals surface area contributed by atoms with Crippen molar-refractivity contribution in [1.82, 2.24) is 20.2 Å². The minimum absolute atomic E-state index is 0.162. The molecule has 0 amide bonds. The summed E-state index contributed by atoms with van der Waals surface area (Å²) in [6.07, 6.45) is 4.27. The van der Waals surface area contributed by atoms with E-state index in [0.717, 1.165) is 35.9 Å². The number of carbonyl (C=O) groups excluding carboxylic acids is 1. The summed E-state index contributed by atoms with van der Waals surface area (Å²) >= 11 is 1.60. The molecule has 0 saturated heterocycles. The van der Waals surface area contributed by atoms with E-state index in [-0.39, 0.29) is 11.9 Å². The van der Waals surface area contributed by atoms with Crippen LogP contribution in [0.15, 0.2) is 6.33 Å². The van der Waals surface area contributed by atoms with Crippen LogP contribution in [0, 0.1) is 0 Å². The van der Waals surface area contributed by atoms with E-state index in [1.54, 1.807) is 11.3 Å². The Balaban J connectivity index is 1.73. The van der Waals surface area contributed by atoms with Crippen LogP contribution < -0.4 is 5.32 Å². The summed E-state index contributed by atoms with van der Waals surface area (Å²) in [5, 5.41) is 10.6. The molecule has 1 aliphatic carbocycles. The Hall–Kier alpha value is -1.96. The number of nitrogens with zero attached hydrogens (tertiary/aromatic N) is 3. The SMILES string of the molecule is CCOC(=O)C1CCCc2sc(NCc3ncn[nH]3)nc21. The number of hydrogen-bond donors (Lipinski definition) is 2. The van der Waals surface area contributed by atoms with Gasteiger partial charge in [-0.1, -0.05) is 0 Å². The number of H-pyrrole nitrogens is 1. The smallest absolute Gasteiger partial charge is 0.315 e. The summed E-state index contributed by atoms with van der Waals surface area (Å²) in [5.74, 6) is 0.376. The molecule has 0 radical (unpaired) electrons. The number of ether oxygens (including phenoxy) is 1. The number of carbonyl (C=O) groups is 1. The van der Waals surface area contributed by atoms with E-state index in [2.05, 4.69) is 25.5 Å². The van der Waals surface area contributed by atoms with Gasteiger partial charge in [-0.3, -0.25) is 9.89 Å². The van der Waals surface area contributed by atoms with E-state index < -0.39 is 0 Å². The van der Waals surface area contributed by atoms with Crippen molar-refractivity contribution < 1.29 is 9.53 Å². The molecule has 0 aromatic carbocycles. The fourth-order valence-corrected chi connectivity index (χ4v) is 3.50. The molecule has 7 nitrogen and oxygen atoms in total. The van der Waals surface area contributed by atoms with Gasteiger partial charge in [0.2, 0.25) is 0 Å². The Kier molecular flexibility index (Phi) is 4.14. The quantitative estimate of drug-likeness (QED) is 0.819. The number of nitrogens with one attached hydrogen (secondary N) is 2. The average molecular weight is 307 g/mol. The zero-order valence-corrected chi connectivity index (χ0v) is 12.6. The number of hydrogen-bond acceptors (Lipinski definition) is 7. The molecule has 1 unspecified atom stereocenters. The first-order valence-corrected chi connectivity index (χ1v) is 7.84. The van der Waals surface area contributed by atoms with Crippen molar-refractivity contribution in [2.24, 2.45) is 0 Å². The summed E-state index contributed by atoms with van der Waals surface area (Å²) in [5.41, 5.74) is 0.879. The van der Waals surface area contributed by atoms with Crippen LogP contribution in [-0.2, 0) is 22.5 Å². The third kappa shape index (κ3) is 3.05. The lowest BCUT2D eigenvalue weighted by Crippen LogP contribution is -2.20. The van der Waals surface area contributed by atoms with Crippen LogP contribution in [0.25, 0.3) is 0 Å². The Bertz CT molecular complexity index is 610. The number of anilines is 1. The van der Waals surface area contributed by atoms with Gasteiger partial charge in [-0.25, -0.2) is 9.97 Å². The van der Waals surface area contributed by atoms with Crippen LogP contribution in [0.1, 0.15) is 42.1 Å². The summed E-state index contributed by atoms with van der Waals surface area (Å²) in [4.78, 5) is 21.8. The zero-order chi connectivity index (χ0) is 14.7. The highest BCUT2D eigenvalue weighted by molar-refractivity contribution is 7.15. The van der Waals surface area contributed by atoms with Crippen molar-refractivity contribution in [3.63, 3.8) is 0 Å². The fraction of sp³-hybridized carbons (Fsp3) is 0.538. The second kappa shape index (κ2) is 6.21. The van der Waals surface area contributed by atoms with Crippen molar-refractivity contribution in [2.75, 3.05) is 11.9 Å². The molecule has 2 heterocycles. The van der Waals surface area contributed by atoms with E-state index in [1.165, 1.54) is 11.2 Å². The Morgan fingerprint density at radius 3 is 3.29 bits per heavy atom. The first kappa shape index (κ1) is 14.0. The largest absolute Gasteiger partial charge is 0.465 e. The van der Waals surface area contributed by atoms with Crippen LogP contribution in [0.2, 0.25) is 0 Å². The van der Waals surface area contributed by atoms with Gasteiger partial charge in [0.05, 0.1) is 18.8 Å². The van der Waals surface area contributed by atoms with Gasteiger partial charge in [0, 0.05) is 4.88 Å². The molecular weight excluding hydrogens is 290 g/mol. The molecule has 2 N–H and O–H groups in total. The molecule has 112 valence electrons. The van der Waals surface area contributed by atoms with Crippen LogP contribution >= 0.6 is 11.3 Å². The second-order valence-corrected chi connectivity index (χ2v) is 5.89. The van der Waals surface area contributed by atoms with Gasteiger partial charge in [0.1, 0.15) is 18.1 Å². The minimum atomic E-state index is -0.217. The maximum absolute atomic E-state index is 12.0. The van der Waals surface area contributed by atoms with E-state index in [9.17, 15) is 4.79 Å². The number of aromatic nitrogens is 4. The Morgan fingerprint density at radius 2 is 2.52 bits per heavy atom. The summed E-state index contributed by atoms with van der Waals surface area (Å²) < 4.78 is 5.15. The van der Waals surface area contributed by atoms with Gasteiger partial charge in [-0.2, -0.15) is 5.10 Å². The van der Waals surface area contributed by atoms with Crippen LogP contribution in [0.4, 0.5) is 5.13 Å². The lowest BCUT2D eigenvalue weighted by molar-refractivity contribution is -0.145. The van der Waals surface area contributed by atoms with Crippen molar-refractivity contribution in [1.29, 1.82) is 0 Å². The molecule has 21 heavy (non-hydrogen) atoms. The number of aromatic amines is 1. The molecule has 2 aromatic heterocycles. The molecule has 3 rings (SSSR count). The fourth-order valence-electron chi connectivity index (χ4n) is 2.44. The van der Waals surface area contributed by atoms with Crippen molar-refractivity contribution in [3.05, 3.63) is 22.7 Å². The van der Waals surface area contributed by atoms with E-state index in [0.29, 0.717) is 13.2 Å². The first-order valence-electron chi connectivity index (χ1n) is 7.02. The number of thiazole rings is 1. The van der Waals surface area contributed by atoms with Gasteiger partial charge in [-0.05, 0) is 26.2 Å². The maximum atomic E-state index is 12.0. The van der Waals surface area contributed by atoms with Crippen LogP contribution in [0.5, 0.6) is 0 Å². The third-order valence-corrected chi connectivity index (χ3v) is 4.49. The zero-order valence-electron chi connectivity index (χ0n) is 11.8. The van der Waals surface area contributed by atoms with Crippen molar-refractivity contribution in [3.8, 4) is 0 Å². The lowest BCUT2D eigenvalue weighted by Gasteiger charge is -2.19. The Labute approximate surface area is 126 Å². The number of rotatable bonds is 5. The van der Waals surface area contributed by atoms with Crippen LogP contribution in [-0.4, -0.2) is 32.7 Å². The van der Waals surface area contributed by atoms with Crippen molar-refractivity contribution >= 4 is 22.4 Å². The minimum Gasteiger partial charge on any atom is -0.465 e. The number of fused-ring (bicyclic) bond motifs is 1. The molecule has 1 atom stereocenters. The monoisotopic (exact) mass is 307 g/mol. The lowest BCUT2D eigenvalue weighted by atomic mass is 9.91. The molecule has 0 fully saturated rings. The highest BCUT2D eigenvalue weighted by Crippen LogP contribution is 2.37. The van der Waals surface area contributed by atoms with Gasteiger partial charge in [-0.15, -0.1) is 11.3 Å². The number of aryl methyl sites for hydroxylation is 1. The summed E-state index contributed by atoms with van der Waals surface area (Å²) in [6.45, 7) is 2.77. The average Bonchev–Trinajstić information content (AvgIpc) is 3.13. The molecule has 2 aromatic rings. The molecule has 0 aliphatic heterocycles. The van der Waals surface area contributed by atoms with Crippen molar-refractivity contribution in [2.45, 2.75) is 38.6 Å². The van der Waals surface area contributed by atoms with Crippen LogP contribution in [0.3, 0.4) is 0 Å². The highest BCUT2D eigenvalue weighted by atomic mass is 32.1. The van der Waals surface area contributed by atoms with Gasteiger partial charge in [0.15, 0.2) is 5.13 Å². The summed E-state index contributed by atoms with van der Waals surface area (Å²) in [6, 6.07) is 0. The van der Waals surface area contributed by atoms with Gasteiger partial charge < -0.3 is 10.1 Å². The number of esters is 1. The third-order valence-electron chi connectivity index (χ3n) is 3.40. The molecule has 0 bridgehead atoms. The standard InChI is InChI=1S/C13H17N5O2S/c1-2-20-12(19)8-4-3-5-9-11(8)17-13(21-9)14-6-10-15-7-16-18-10/h7-8H,2-6H2,1H3,(H,14,17)(H,15,16,18). The maximum Gasteiger partial charge on any atom is 0.315 e. The topological polar surface area (TPSA) is 92.8 Å². The van der Waals surface area contributed by atoms with E-state index in [4.69, 9.17) is 4.74 Å². The molecule has 8 heteroatoms. The van der Waals surface area contributed by atoms with E-state index in [1.807, 2.05) is 6.92 Å². The molecular formula is C13H17N5O2S. The summed E-state index contributed by atoms with van der Waals surface area (Å²) in [7, 11) is 0. The molecule has 0 saturated carbocycles. The predicted molar refractivity (Wildman–Crippen MR) is 78.1 cm³/mol. The molecule has 1 aliphatic rings. The van der Waals surface area contributed by atoms with Gasteiger partial charge >= 0.3 is 5.97 Å². The van der Waals surface area contributed by atoms with E-state index >= 15 is 0 Å². The second-order valence-electron chi connectivity index (χ2n) is 4.81. The predicted octanol–water partition coefficient (Wildman–Crippen LogP) is 1.86.